The number of hydrogen-bond donors (Lipinski definition) is 1. The molecule has 1 aromatic heterocycles. The van der Waals surface area contributed by atoms with Crippen LogP contribution in [0, 0.1) is 0 Å². The van der Waals surface area contributed by atoms with Crippen molar-refractivity contribution in [1.82, 2.24) is 14.3 Å². The van der Waals surface area contributed by atoms with Crippen molar-refractivity contribution in [2.24, 2.45) is 7.05 Å². The van der Waals surface area contributed by atoms with Crippen LogP contribution < -0.4 is 4.72 Å². The number of hydrogen-bond acceptors (Lipinski definition) is 3. The van der Waals surface area contributed by atoms with E-state index in [9.17, 15) is 8.42 Å². The number of imidazole rings is 1. The van der Waals surface area contributed by atoms with Gasteiger partial charge in [-0.05, 0) is 12.1 Å². The predicted octanol–water partition coefficient (Wildman–Crippen LogP) is 0.899. The van der Waals surface area contributed by atoms with Crippen LogP contribution in [-0.4, -0.2) is 18.0 Å². The maximum absolute atomic E-state index is 11.9. The molecule has 6 heteroatoms. The normalized spacial score (nSPS) is 11.6. The Morgan fingerprint density at radius 2 is 2.00 bits per heavy atom. The molecule has 0 radical (unpaired) electrons. The van der Waals surface area contributed by atoms with Crippen molar-refractivity contribution in [1.29, 1.82) is 0 Å². The van der Waals surface area contributed by atoms with E-state index in [-0.39, 0.29) is 11.4 Å². The SMILES string of the molecule is Cn1ccnc1CNS(=O)(=O)c1ccccc1. The fourth-order valence-electron chi connectivity index (χ4n) is 1.41. The van der Waals surface area contributed by atoms with E-state index in [2.05, 4.69) is 9.71 Å². The van der Waals surface area contributed by atoms with E-state index in [1.807, 2.05) is 7.05 Å². The standard InChI is InChI=1S/C11H13N3O2S/c1-14-8-7-12-11(14)9-13-17(15,16)10-5-3-2-4-6-10/h2-8,13H,9H2,1H3. The molecule has 0 saturated heterocycles. The van der Waals surface area contributed by atoms with E-state index < -0.39 is 10.0 Å². The summed E-state index contributed by atoms with van der Waals surface area (Å²) in [5.41, 5.74) is 0. The molecule has 0 amide bonds. The molecule has 0 spiro atoms. The third kappa shape index (κ3) is 2.72. The average molecular weight is 251 g/mol. The number of benzene rings is 1. The number of nitrogens with one attached hydrogen (secondary N) is 1. The molecule has 0 aliphatic rings. The number of aryl methyl sites for hydroxylation is 1. The second kappa shape index (κ2) is 4.68. The van der Waals surface area contributed by atoms with Gasteiger partial charge in [-0.2, -0.15) is 0 Å². The van der Waals surface area contributed by atoms with Gasteiger partial charge in [0.2, 0.25) is 10.0 Å². The zero-order valence-corrected chi connectivity index (χ0v) is 10.2. The van der Waals surface area contributed by atoms with Gasteiger partial charge < -0.3 is 4.57 Å². The van der Waals surface area contributed by atoms with Crippen LogP contribution in [0.5, 0.6) is 0 Å². The molecule has 0 saturated carbocycles. The molecule has 1 N–H and O–H groups in total. The minimum Gasteiger partial charge on any atom is -0.337 e. The smallest absolute Gasteiger partial charge is 0.240 e. The van der Waals surface area contributed by atoms with Gasteiger partial charge in [0.25, 0.3) is 0 Å². The van der Waals surface area contributed by atoms with Crippen LogP contribution in [0.15, 0.2) is 47.6 Å². The van der Waals surface area contributed by atoms with Crippen molar-refractivity contribution in [3.05, 3.63) is 48.5 Å². The molecule has 2 rings (SSSR count). The lowest BCUT2D eigenvalue weighted by Gasteiger charge is -2.06. The van der Waals surface area contributed by atoms with Crippen LogP contribution in [0.25, 0.3) is 0 Å². The van der Waals surface area contributed by atoms with Gasteiger partial charge in [0.05, 0.1) is 11.4 Å². The molecule has 5 nitrogen and oxygen atoms in total. The van der Waals surface area contributed by atoms with Crippen molar-refractivity contribution >= 4 is 10.0 Å². The molecule has 0 bridgehead atoms. The van der Waals surface area contributed by atoms with Crippen LogP contribution in [0.2, 0.25) is 0 Å². The summed E-state index contributed by atoms with van der Waals surface area (Å²) in [6, 6.07) is 8.27. The Kier molecular flexibility index (Phi) is 3.26. The first kappa shape index (κ1) is 11.8. The second-order valence-electron chi connectivity index (χ2n) is 3.59. The Labute approximate surface area is 100 Å². The van der Waals surface area contributed by atoms with E-state index in [1.165, 1.54) is 0 Å². The summed E-state index contributed by atoms with van der Waals surface area (Å²) >= 11 is 0. The van der Waals surface area contributed by atoms with E-state index in [1.54, 1.807) is 47.3 Å². The summed E-state index contributed by atoms with van der Waals surface area (Å²) in [5.74, 6) is 0.671. The highest BCUT2D eigenvalue weighted by molar-refractivity contribution is 7.89. The molecule has 0 aliphatic carbocycles. The zero-order valence-electron chi connectivity index (χ0n) is 9.37. The maximum atomic E-state index is 11.9. The summed E-state index contributed by atoms with van der Waals surface area (Å²) in [5, 5.41) is 0. The average Bonchev–Trinajstić information content (AvgIpc) is 2.74. The predicted molar refractivity (Wildman–Crippen MR) is 63.7 cm³/mol. The second-order valence-corrected chi connectivity index (χ2v) is 5.36. The number of rotatable bonds is 4. The van der Waals surface area contributed by atoms with Crippen LogP contribution in [-0.2, 0) is 23.6 Å². The Bertz CT molecular complexity index is 590. The van der Waals surface area contributed by atoms with E-state index in [0.29, 0.717) is 5.82 Å². The van der Waals surface area contributed by atoms with Gasteiger partial charge in [-0.25, -0.2) is 18.1 Å². The Balaban J connectivity index is 2.12. The molecule has 0 aliphatic heterocycles. The quantitative estimate of drug-likeness (QED) is 0.878. The maximum Gasteiger partial charge on any atom is 0.240 e. The third-order valence-electron chi connectivity index (χ3n) is 2.39. The summed E-state index contributed by atoms with van der Waals surface area (Å²) in [6.07, 6.45) is 3.40. The molecular weight excluding hydrogens is 238 g/mol. The molecule has 0 unspecified atom stereocenters. The van der Waals surface area contributed by atoms with Crippen molar-refractivity contribution in [2.45, 2.75) is 11.4 Å². The number of nitrogens with zero attached hydrogens (tertiary/aromatic N) is 2. The van der Waals surface area contributed by atoms with Crippen molar-refractivity contribution in [3.63, 3.8) is 0 Å². The van der Waals surface area contributed by atoms with Crippen molar-refractivity contribution in [2.75, 3.05) is 0 Å². The van der Waals surface area contributed by atoms with Crippen LogP contribution in [0.4, 0.5) is 0 Å². The largest absolute Gasteiger partial charge is 0.337 e. The van der Waals surface area contributed by atoms with Gasteiger partial charge in [0, 0.05) is 19.4 Å². The molecule has 90 valence electrons. The van der Waals surface area contributed by atoms with Crippen LogP contribution >= 0.6 is 0 Å². The molecule has 2 aromatic rings. The van der Waals surface area contributed by atoms with Gasteiger partial charge in [-0.1, -0.05) is 18.2 Å². The van der Waals surface area contributed by atoms with E-state index >= 15 is 0 Å². The Morgan fingerprint density at radius 3 is 2.59 bits per heavy atom. The van der Waals surface area contributed by atoms with Crippen LogP contribution in [0.3, 0.4) is 0 Å². The van der Waals surface area contributed by atoms with Crippen molar-refractivity contribution < 1.29 is 8.42 Å². The molecule has 0 fully saturated rings. The summed E-state index contributed by atoms with van der Waals surface area (Å²) < 4.78 is 28.1. The molecule has 17 heavy (non-hydrogen) atoms. The first-order valence-corrected chi connectivity index (χ1v) is 6.59. The van der Waals surface area contributed by atoms with Gasteiger partial charge >= 0.3 is 0 Å². The highest BCUT2D eigenvalue weighted by atomic mass is 32.2. The lowest BCUT2D eigenvalue weighted by Crippen LogP contribution is -2.24. The summed E-state index contributed by atoms with van der Waals surface area (Å²) in [7, 11) is -1.64. The highest BCUT2D eigenvalue weighted by Crippen LogP contribution is 2.07. The molecule has 1 heterocycles. The zero-order chi connectivity index (χ0) is 12.3. The Morgan fingerprint density at radius 1 is 1.29 bits per heavy atom. The first-order valence-electron chi connectivity index (χ1n) is 5.10. The Hall–Kier alpha value is -1.66. The lowest BCUT2D eigenvalue weighted by atomic mass is 10.4. The van der Waals surface area contributed by atoms with Crippen LogP contribution in [0.1, 0.15) is 5.82 Å². The minimum atomic E-state index is -3.46. The van der Waals surface area contributed by atoms with E-state index in [0.717, 1.165) is 0 Å². The van der Waals surface area contributed by atoms with E-state index in [4.69, 9.17) is 0 Å². The van der Waals surface area contributed by atoms with Crippen molar-refractivity contribution in [3.8, 4) is 0 Å². The lowest BCUT2D eigenvalue weighted by molar-refractivity contribution is 0.577. The minimum absolute atomic E-state index is 0.181. The fourth-order valence-corrected chi connectivity index (χ4v) is 2.41. The number of aromatic nitrogens is 2. The summed E-state index contributed by atoms with van der Waals surface area (Å²) in [6.45, 7) is 0.181. The monoisotopic (exact) mass is 251 g/mol. The first-order chi connectivity index (χ1) is 8.09. The molecule has 1 aromatic carbocycles. The van der Waals surface area contributed by atoms with Gasteiger partial charge in [-0.15, -0.1) is 0 Å². The van der Waals surface area contributed by atoms with Gasteiger partial charge in [0.1, 0.15) is 5.82 Å². The summed E-state index contributed by atoms with van der Waals surface area (Å²) in [4.78, 5) is 4.31. The van der Waals surface area contributed by atoms with Gasteiger partial charge in [-0.3, -0.25) is 0 Å². The highest BCUT2D eigenvalue weighted by Gasteiger charge is 2.13. The fraction of sp³-hybridized carbons (Fsp3) is 0.182. The topological polar surface area (TPSA) is 64.0 Å². The molecular formula is C11H13N3O2S. The molecule has 0 atom stereocenters. The number of sulfonamides is 1. The van der Waals surface area contributed by atoms with Gasteiger partial charge in [0.15, 0.2) is 0 Å². The third-order valence-corrected chi connectivity index (χ3v) is 3.81.